The van der Waals surface area contributed by atoms with Crippen LogP contribution in [-0.4, -0.2) is 40.8 Å². The van der Waals surface area contributed by atoms with Crippen LogP contribution in [0, 0.1) is 0 Å². The normalized spacial score (nSPS) is 19.6. The Morgan fingerprint density at radius 1 is 1.45 bits per heavy atom. The minimum Gasteiger partial charge on any atom is -0.386 e. The highest BCUT2D eigenvalue weighted by molar-refractivity contribution is 6.30. The molecular weight excluding hydrogens is 301 g/mol. The van der Waals surface area contributed by atoms with Gasteiger partial charge < -0.3 is 5.11 Å². The van der Waals surface area contributed by atoms with E-state index in [1.807, 2.05) is 6.07 Å². The van der Waals surface area contributed by atoms with Crippen molar-refractivity contribution in [1.29, 1.82) is 0 Å². The van der Waals surface area contributed by atoms with Gasteiger partial charge in [0.1, 0.15) is 17.1 Å². The highest BCUT2D eigenvalue weighted by Crippen LogP contribution is 2.53. The molecule has 0 radical (unpaired) electrons. The van der Waals surface area contributed by atoms with Crippen molar-refractivity contribution in [3.05, 3.63) is 35.4 Å². The maximum Gasteiger partial charge on any atom is 0.138 e. The first-order valence-corrected chi connectivity index (χ1v) is 7.00. The van der Waals surface area contributed by atoms with Crippen LogP contribution in [-0.2, 0) is 13.0 Å². The summed E-state index contributed by atoms with van der Waals surface area (Å²) < 4.78 is 1.48. The molecule has 6 nitrogen and oxygen atoms in total. The predicted molar refractivity (Wildman–Crippen MR) is 73.5 cm³/mol. The first-order chi connectivity index (χ1) is 9.52. The molecule has 0 amide bonds. The highest BCUT2D eigenvalue weighted by Gasteiger charge is 2.58. The molecule has 1 aliphatic rings. The Kier molecular flexibility index (Phi) is 3.40. The molecule has 1 saturated carbocycles. The summed E-state index contributed by atoms with van der Waals surface area (Å²) in [6.45, 7) is 0.217. The van der Waals surface area contributed by atoms with Crippen molar-refractivity contribution in [2.45, 2.75) is 36.3 Å². The maximum atomic E-state index is 11.0. The maximum absolute atomic E-state index is 11.0. The molecule has 2 aromatic heterocycles. The fourth-order valence-corrected chi connectivity index (χ4v) is 2.73. The number of aromatic nitrogens is 5. The smallest absolute Gasteiger partial charge is 0.138 e. The van der Waals surface area contributed by atoms with E-state index in [1.54, 1.807) is 12.3 Å². The van der Waals surface area contributed by atoms with Gasteiger partial charge in [0.15, 0.2) is 0 Å². The van der Waals surface area contributed by atoms with Crippen LogP contribution >= 0.6 is 23.2 Å². The monoisotopic (exact) mass is 313 g/mol. The average molecular weight is 314 g/mol. The van der Waals surface area contributed by atoms with Crippen LogP contribution in [0.3, 0.4) is 0 Å². The lowest BCUT2D eigenvalue weighted by Crippen LogP contribution is -2.47. The second kappa shape index (κ2) is 4.95. The van der Waals surface area contributed by atoms with E-state index >= 15 is 0 Å². The zero-order chi connectivity index (χ0) is 14.2. The van der Waals surface area contributed by atoms with Crippen LogP contribution in [0.1, 0.15) is 18.4 Å². The van der Waals surface area contributed by atoms with E-state index in [1.165, 1.54) is 11.0 Å². The number of aliphatic hydroxyl groups is 1. The van der Waals surface area contributed by atoms with Gasteiger partial charge in [-0.1, -0.05) is 17.7 Å². The fourth-order valence-electron chi connectivity index (χ4n) is 2.32. The Morgan fingerprint density at radius 3 is 2.85 bits per heavy atom. The molecular formula is C12H13Cl2N5O. The largest absolute Gasteiger partial charge is 0.386 e. The Balaban J connectivity index is 1.89. The van der Waals surface area contributed by atoms with Gasteiger partial charge in [-0.05, 0) is 34.9 Å². The number of alkyl halides is 1. The van der Waals surface area contributed by atoms with E-state index < -0.39 is 10.5 Å². The Bertz CT molecular complexity index is 602. The highest BCUT2D eigenvalue weighted by atomic mass is 35.5. The third kappa shape index (κ3) is 2.51. The van der Waals surface area contributed by atoms with Crippen molar-refractivity contribution >= 4 is 23.2 Å². The molecule has 1 aliphatic carbocycles. The van der Waals surface area contributed by atoms with Gasteiger partial charge in [0.2, 0.25) is 0 Å². The summed E-state index contributed by atoms with van der Waals surface area (Å²) in [5, 5.41) is 22.3. The van der Waals surface area contributed by atoms with Gasteiger partial charge in [-0.2, -0.15) is 0 Å². The van der Waals surface area contributed by atoms with Crippen molar-refractivity contribution in [2.24, 2.45) is 0 Å². The Labute approximate surface area is 125 Å². The Morgan fingerprint density at radius 2 is 2.25 bits per heavy atom. The molecule has 3 rings (SSSR count). The van der Waals surface area contributed by atoms with Crippen molar-refractivity contribution < 1.29 is 5.11 Å². The van der Waals surface area contributed by atoms with Crippen LogP contribution in [0.2, 0.25) is 5.15 Å². The van der Waals surface area contributed by atoms with Gasteiger partial charge in [0.05, 0.1) is 11.4 Å². The molecule has 1 fully saturated rings. The van der Waals surface area contributed by atoms with Gasteiger partial charge in [-0.3, -0.25) is 0 Å². The van der Waals surface area contributed by atoms with E-state index in [9.17, 15) is 5.11 Å². The third-order valence-corrected chi connectivity index (χ3v) is 4.73. The van der Waals surface area contributed by atoms with Crippen LogP contribution in [0.15, 0.2) is 24.7 Å². The minimum atomic E-state index is -1.17. The molecule has 1 unspecified atom stereocenters. The van der Waals surface area contributed by atoms with Gasteiger partial charge in [0, 0.05) is 12.6 Å². The van der Waals surface area contributed by atoms with E-state index in [0.29, 0.717) is 11.6 Å². The molecule has 0 saturated heterocycles. The minimum absolute atomic E-state index is 0.217. The number of pyridine rings is 1. The van der Waals surface area contributed by atoms with Crippen LogP contribution in [0.4, 0.5) is 0 Å². The zero-order valence-corrected chi connectivity index (χ0v) is 12.1. The summed E-state index contributed by atoms with van der Waals surface area (Å²) in [6, 6.07) is 3.62. The standard InChI is InChI=1S/C12H13Cl2N5O/c13-10-9(2-1-5-15-10)6-12(20,11(14)3-4-11)7-19-8-16-17-18-19/h1-2,5,8,20H,3-4,6-7H2. The summed E-state index contributed by atoms with van der Waals surface area (Å²) in [5.74, 6) is 0. The second-order valence-electron chi connectivity index (χ2n) is 5.13. The van der Waals surface area contributed by atoms with E-state index in [-0.39, 0.29) is 6.54 Å². The van der Waals surface area contributed by atoms with E-state index in [2.05, 4.69) is 20.5 Å². The number of rotatable bonds is 5. The molecule has 2 heterocycles. The number of tetrazole rings is 1. The molecule has 2 aromatic rings. The van der Waals surface area contributed by atoms with Crippen molar-refractivity contribution in [1.82, 2.24) is 25.2 Å². The van der Waals surface area contributed by atoms with Crippen LogP contribution in [0.25, 0.3) is 0 Å². The van der Waals surface area contributed by atoms with Crippen molar-refractivity contribution in [3.63, 3.8) is 0 Å². The van der Waals surface area contributed by atoms with Gasteiger partial charge in [-0.25, -0.2) is 9.67 Å². The van der Waals surface area contributed by atoms with Crippen LogP contribution < -0.4 is 0 Å². The fraction of sp³-hybridized carbons (Fsp3) is 0.500. The quantitative estimate of drug-likeness (QED) is 0.668. The molecule has 1 atom stereocenters. The lowest BCUT2D eigenvalue weighted by molar-refractivity contribution is 0.00718. The lowest BCUT2D eigenvalue weighted by Gasteiger charge is -2.32. The molecule has 8 heteroatoms. The molecule has 106 valence electrons. The van der Waals surface area contributed by atoms with Crippen molar-refractivity contribution in [2.75, 3.05) is 0 Å². The average Bonchev–Trinajstić information content (AvgIpc) is 2.98. The summed E-state index contributed by atoms with van der Waals surface area (Å²) in [4.78, 5) is 3.37. The lowest BCUT2D eigenvalue weighted by atomic mass is 9.89. The third-order valence-electron chi connectivity index (χ3n) is 3.66. The molecule has 0 aliphatic heterocycles. The van der Waals surface area contributed by atoms with E-state index in [4.69, 9.17) is 23.2 Å². The first-order valence-electron chi connectivity index (χ1n) is 6.24. The molecule has 0 aromatic carbocycles. The zero-order valence-electron chi connectivity index (χ0n) is 10.6. The second-order valence-corrected chi connectivity index (χ2v) is 6.22. The summed E-state index contributed by atoms with van der Waals surface area (Å²) >= 11 is 12.5. The SMILES string of the molecule is OC(Cc1cccnc1Cl)(Cn1cnnn1)C1(Cl)CC1. The molecule has 0 spiro atoms. The molecule has 0 bridgehead atoms. The summed E-state index contributed by atoms with van der Waals surface area (Å²) in [6.07, 6.45) is 4.89. The molecule has 20 heavy (non-hydrogen) atoms. The summed E-state index contributed by atoms with van der Waals surface area (Å²) in [7, 11) is 0. The topological polar surface area (TPSA) is 76.7 Å². The van der Waals surface area contributed by atoms with Gasteiger partial charge in [0.25, 0.3) is 0 Å². The van der Waals surface area contributed by atoms with E-state index in [0.717, 1.165) is 18.4 Å². The Hall–Kier alpha value is -1.24. The number of halogens is 2. The number of nitrogens with zero attached hydrogens (tertiary/aromatic N) is 5. The number of hydrogen-bond donors (Lipinski definition) is 1. The van der Waals surface area contributed by atoms with Gasteiger partial charge in [-0.15, -0.1) is 16.7 Å². The number of hydrogen-bond acceptors (Lipinski definition) is 5. The summed E-state index contributed by atoms with van der Waals surface area (Å²) in [5.41, 5.74) is -0.409. The van der Waals surface area contributed by atoms with Crippen molar-refractivity contribution in [3.8, 4) is 0 Å². The molecule has 1 N–H and O–H groups in total. The van der Waals surface area contributed by atoms with Crippen LogP contribution in [0.5, 0.6) is 0 Å². The van der Waals surface area contributed by atoms with Gasteiger partial charge >= 0.3 is 0 Å². The first kappa shape index (κ1) is 13.7. The predicted octanol–water partition coefficient (Wildman–Crippen LogP) is 1.47.